The molecule has 0 aromatic heterocycles. The molecule has 0 saturated heterocycles. The fraction of sp³-hybridized carbons (Fsp3) is 0.417. The van der Waals surface area contributed by atoms with Crippen molar-refractivity contribution >= 4 is 29.1 Å². The minimum absolute atomic E-state index is 0.0499. The Morgan fingerprint density at radius 3 is 2.71 bits per heavy atom. The number of carbonyl (C=O) groups excluding carboxylic acids is 1. The van der Waals surface area contributed by atoms with E-state index >= 15 is 0 Å². The first-order valence-electron chi connectivity index (χ1n) is 5.27. The molecule has 2 atom stereocenters. The summed E-state index contributed by atoms with van der Waals surface area (Å²) in [6, 6.07) is 3.76. The van der Waals surface area contributed by atoms with Crippen LogP contribution in [0.2, 0.25) is 5.02 Å². The zero-order chi connectivity index (χ0) is 13.0. The molecule has 0 fully saturated rings. The van der Waals surface area contributed by atoms with Gasteiger partial charge in [-0.2, -0.15) is 0 Å². The Morgan fingerprint density at radius 2 is 2.12 bits per heavy atom. The zero-order valence-corrected chi connectivity index (χ0v) is 11.1. The number of hydrogen-bond donors (Lipinski definition) is 1. The maximum absolute atomic E-state index is 13.4. The van der Waals surface area contributed by atoms with Gasteiger partial charge >= 0.3 is 0 Å². The highest BCUT2D eigenvalue weighted by Gasteiger charge is 2.17. The van der Waals surface area contributed by atoms with Crippen LogP contribution in [0.5, 0.6) is 0 Å². The van der Waals surface area contributed by atoms with E-state index in [1.807, 2.05) is 13.8 Å². The summed E-state index contributed by atoms with van der Waals surface area (Å²) < 4.78 is 13.4. The maximum Gasteiger partial charge on any atom is 0.254 e. The number of nitrogens with one attached hydrogen (secondary N) is 1. The Hall–Kier alpha value is -0.800. The molecule has 0 heterocycles. The minimum Gasteiger partial charge on any atom is -0.349 e. The normalized spacial score (nSPS) is 14.2. The largest absolute Gasteiger partial charge is 0.349 e. The lowest BCUT2D eigenvalue weighted by atomic mass is 10.1. The molecule has 2 unspecified atom stereocenters. The van der Waals surface area contributed by atoms with Gasteiger partial charge in [-0.15, -0.1) is 11.6 Å². The number of hydrogen-bond acceptors (Lipinski definition) is 1. The van der Waals surface area contributed by atoms with Crippen molar-refractivity contribution in [3.05, 3.63) is 34.6 Å². The van der Waals surface area contributed by atoms with Crippen LogP contribution in [0.15, 0.2) is 18.2 Å². The number of halogens is 3. The second-order valence-electron chi connectivity index (χ2n) is 4.02. The van der Waals surface area contributed by atoms with E-state index in [2.05, 4.69) is 5.32 Å². The van der Waals surface area contributed by atoms with Gasteiger partial charge in [-0.25, -0.2) is 4.39 Å². The van der Waals surface area contributed by atoms with Crippen LogP contribution >= 0.6 is 23.2 Å². The number of rotatable bonds is 4. The van der Waals surface area contributed by atoms with Gasteiger partial charge < -0.3 is 5.32 Å². The number of alkyl halides is 1. The highest BCUT2D eigenvalue weighted by Crippen LogP contribution is 2.15. The Morgan fingerprint density at radius 1 is 1.47 bits per heavy atom. The van der Waals surface area contributed by atoms with E-state index in [0.717, 1.165) is 0 Å². The highest BCUT2D eigenvalue weighted by molar-refractivity contribution is 6.31. The van der Waals surface area contributed by atoms with Crippen molar-refractivity contribution in [3.63, 3.8) is 0 Å². The molecule has 0 saturated carbocycles. The van der Waals surface area contributed by atoms with Crippen LogP contribution < -0.4 is 5.32 Å². The molecule has 1 aromatic rings. The SMILES string of the molecule is CC(CCl)C(C)NC(=O)c1cc(Cl)ccc1F. The Kier molecular flexibility index (Phi) is 5.22. The fourth-order valence-corrected chi connectivity index (χ4v) is 1.67. The molecule has 0 aliphatic rings. The Balaban J connectivity index is 2.79. The third-order valence-corrected chi connectivity index (χ3v) is 3.35. The standard InChI is InChI=1S/C12H14Cl2FNO/c1-7(6-13)8(2)16-12(17)10-5-9(14)3-4-11(10)15/h3-5,7-8H,6H2,1-2H3,(H,16,17). The van der Waals surface area contributed by atoms with Gasteiger partial charge in [0.1, 0.15) is 5.82 Å². The van der Waals surface area contributed by atoms with Crippen molar-refractivity contribution in [2.24, 2.45) is 5.92 Å². The average Bonchev–Trinajstić information content (AvgIpc) is 2.30. The number of carbonyl (C=O) groups is 1. The lowest BCUT2D eigenvalue weighted by Crippen LogP contribution is -2.38. The van der Waals surface area contributed by atoms with Crippen molar-refractivity contribution in [2.75, 3.05) is 5.88 Å². The summed E-state index contributed by atoms with van der Waals surface area (Å²) in [6.07, 6.45) is 0. The first-order chi connectivity index (χ1) is 7.95. The van der Waals surface area contributed by atoms with Crippen LogP contribution in [0, 0.1) is 11.7 Å². The smallest absolute Gasteiger partial charge is 0.254 e. The zero-order valence-electron chi connectivity index (χ0n) is 9.64. The van der Waals surface area contributed by atoms with E-state index in [9.17, 15) is 9.18 Å². The van der Waals surface area contributed by atoms with Gasteiger partial charge in [0.05, 0.1) is 5.56 Å². The van der Waals surface area contributed by atoms with Crippen molar-refractivity contribution in [1.82, 2.24) is 5.32 Å². The number of benzene rings is 1. The van der Waals surface area contributed by atoms with Crippen LogP contribution in [-0.2, 0) is 0 Å². The maximum atomic E-state index is 13.4. The van der Waals surface area contributed by atoms with Crippen molar-refractivity contribution < 1.29 is 9.18 Å². The summed E-state index contributed by atoms with van der Waals surface area (Å²) >= 11 is 11.4. The summed E-state index contributed by atoms with van der Waals surface area (Å²) in [4.78, 5) is 11.8. The molecule has 1 aromatic carbocycles. The van der Waals surface area contributed by atoms with Gasteiger partial charge in [-0.05, 0) is 31.0 Å². The van der Waals surface area contributed by atoms with Crippen molar-refractivity contribution in [3.8, 4) is 0 Å². The van der Waals surface area contributed by atoms with E-state index in [-0.39, 0.29) is 17.5 Å². The monoisotopic (exact) mass is 277 g/mol. The van der Waals surface area contributed by atoms with Gasteiger partial charge in [0.15, 0.2) is 0 Å². The highest BCUT2D eigenvalue weighted by atomic mass is 35.5. The van der Waals surface area contributed by atoms with Crippen LogP contribution in [0.25, 0.3) is 0 Å². The second kappa shape index (κ2) is 6.22. The van der Waals surface area contributed by atoms with Gasteiger partial charge in [0.25, 0.3) is 5.91 Å². The lowest BCUT2D eigenvalue weighted by Gasteiger charge is -2.19. The van der Waals surface area contributed by atoms with Crippen LogP contribution in [0.4, 0.5) is 4.39 Å². The van der Waals surface area contributed by atoms with Crippen molar-refractivity contribution in [1.29, 1.82) is 0 Å². The third kappa shape index (κ3) is 3.86. The first-order valence-corrected chi connectivity index (χ1v) is 6.18. The molecule has 0 bridgehead atoms. The van der Waals surface area contributed by atoms with E-state index < -0.39 is 11.7 Å². The summed E-state index contributed by atoms with van der Waals surface area (Å²) in [7, 11) is 0. The van der Waals surface area contributed by atoms with E-state index in [1.165, 1.54) is 18.2 Å². The molecular formula is C12H14Cl2FNO. The van der Waals surface area contributed by atoms with Gasteiger partial charge in [0, 0.05) is 16.9 Å². The molecule has 1 N–H and O–H groups in total. The van der Waals surface area contributed by atoms with Gasteiger partial charge in [0.2, 0.25) is 0 Å². The summed E-state index contributed by atoms with van der Waals surface area (Å²) in [5.74, 6) is -0.519. The second-order valence-corrected chi connectivity index (χ2v) is 4.76. The predicted octanol–water partition coefficient (Wildman–Crippen LogP) is 3.47. The molecule has 0 radical (unpaired) electrons. The Bertz CT molecular complexity index is 411. The molecule has 17 heavy (non-hydrogen) atoms. The Labute approximate surface area is 110 Å². The topological polar surface area (TPSA) is 29.1 Å². The van der Waals surface area contributed by atoms with E-state index in [4.69, 9.17) is 23.2 Å². The quantitative estimate of drug-likeness (QED) is 0.839. The molecular weight excluding hydrogens is 264 g/mol. The molecule has 94 valence electrons. The molecule has 0 spiro atoms. The van der Waals surface area contributed by atoms with E-state index in [0.29, 0.717) is 10.9 Å². The summed E-state index contributed by atoms with van der Waals surface area (Å²) in [5.41, 5.74) is -0.0499. The molecule has 1 rings (SSSR count). The molecule has 5 heteroatoms. The predicted molar refractivity (Wildman–Crippen MR) is 68.2 cm³/mol. The van der Waals surface area contributed by atoms with Gasteiger partial charge in [-0.1, -0.05) is 18.5 Å². The molecule has 0 aliphatic heterocycles. The van der Waals surface area contributed by atoms with Gasteiger partial charge in [-0.3, -0.25) is 4.79 Å². The van der Waals surface area contributed by atoms with Crippen LogP contribution in [-0.4, -0.2) is 17.8 Å². The third-order valence-electron chi connectivity index (χ3n) is 2.63. The first kappa shape index (κ1) is 14.3. The average molecular weight is 278 g/mol. The minimum atomic E-state index is -0.586. The lowest BCUT2D eigenvalue weighted by molar-refractivity contribution is 0.0927. The van der Waals surface area contributed by atoms with Crippen LogP contribution in [0.3, 0.4) is 0 Å². The molecule has 0 aliphatic carbocycles. The summed E-state index contributed by atoms with van der Waals surface area (Å²) in [5, 5.41) is 3.02. The van der Waals surface area contributed by atoms with Crippen molar-refractivity contribution in [2.45, 2.75) is 19.9 Å². The summed E-state index contributed by atoms with van der Waals surface area (Å²) in [6.45, 7) is 3.74. The van der Waals surface area contributed by atoms with Crippen LogP contribution in [0.1, 0.15) is 24.2 Å². The number of amides is 1. The van der Waals surface area contributed by atoms with E-state index in [1.54, 1.807) is 0 Å². The molecule has 2 nitrogen and oxygen atoms in total. The fourth-order valence-electron chi connectivity index (χ4n) is 1.23. The molecule has 1 amide bonds.